The fourth-order valence-electron chi connectivity index (χ4n) is 1.68. The molecule has 0 saturated carbocycles. The molecule has 0 unspecified atom stereocenters. The Morgan fingerprint density at radius 2 is 2.56 bits per heavy atom. The van der Waals surface area contributed by atoms with E-state index in [1.54, 1.807) is 11.7 Å². The summed E-state index contributed by atoms with van der Waals surface area (Å²) in [6.07, 6.45) is 4.34. The van der Waals surface area contributed by atoms with Gasteiger partial charge in [-0.1, -0.05) is 0 Å². The summed E-state index contributed by atoms with van der Waals surface area (Å²) in [4.78, 5) is 16.2. The standard InChI is InChI=1S/C12H17NO4S/c14-12(17-8-11-6-13-9-18-11)3-5-15-7-10-2-1-4-16-10/h6,9-10H,1-5,7-8H2/t10-/m0/s1. The molecule has 1 saturated heterocycles. The molecule has 1 atom stereocenters. The van der Waals surface area contributed by atoms with Gasteiger partial charge in [-0.3, -0.25) is 9.78 Å². The van der Waals surface area contributed by atoms with Crippen molar-refractivity contribution in [1.82, 2.24) is 4.98 Å². The Kier molecular flexibility index (Phi) is 5.57. The minimum absolute atomic E-state index is 0.207. The molecule has 1 aromatic heterocycles. The summed E-state index contributed by atoms with van der Waals surface area (Å²) < 4.78 is 15.9. The number of ether oxygens (including phenoxy) is 3. The lowest BCUT2D eigenvalue weighted by molar-refractivity contribution is -0.146. The Balaban J connectivity index is 1.49. The largest absolute Gasteiger partial charge is 0.460 e. The average Bonchev–Trinajstić information content (AvgIpc) is 3.04. The first kappa shape index (κ1) is 13.5. The molecular formula is C12H17NO4S. The third kappa shape index (κ3) is 4.72. The van der Waals surface area contributed by atoms with E-state index in [2.05, 4.69) is 4.98 Å². The molecule has 6 heteroatoms. The molecule has 0 aliphatic carbocycles. The molecule has 1 aliphatic heterocycles. The number of carbonyl (C=O) groups excluding carboxylic acids is 1. The smallest absolute Gasteiger partial charge is 0.308 e. The van der Waals surface area contributed by atoms with Crippen LogP contribution in [0.15, 0.2) is 11.7 Å². The van der Waals surface area contributed by atoms with Crippen molar-refractivity contribution in [2.45, 2.75) is 32.0 Å². The summed E-state index contributed by atoms with van der Waals surface area (Å²) in [5.41, 5.74) is 1.72. The van der Waals surface area contributed by atoms with Crippen LogP contribution in [0.25, 0.3) is 0 Å². The van der Waals surface area contributed by atoms with E-state index in [9.17, 15) is 4.79 Å². The van der Waals surface area contributed by atoms with Gasteiger partial charge in [0.15, 0.2) is 0 Å². The molecule has 18 heavy (non-hydrogen) atoms. The van der Waals surface area contributed by atoms with Crippen molar-refractivity contribution < 1.29 is 19.0 Å². The number of hydrogen-bond donors (Lipinski definition) is 0. The highest BCUT2D eigenvalue weighted by Crippen LogP contribution is 2.12. The van der Waals surface area contributed by atoms with Crippen LogP contribution in [-0.4, -0.2) is 36.9 Å². The van der Waals surface area contributed by atoms with Gasteiger partial charge in [-0.05, 0) is 12.8 Å². The zero-order valence-corrected chi connectivity index (χ0v) is 11.0. The van der Waals surface area contributed by atoms with Gasteiger partial charge < -0.3 is 14.2 Å². The topological polar surface area (TPSA) is 57.7 Å². The van der Waals surface area contributed by atoms with Crippen LogP contribution in [0.4, 0.5) is 0 Å². The molecule has 0 amide bonds. The fourth-order valence-corrected chi connectivity index (χ4v) is 2.19. The number of carbonyl (C=O) groups is 1. The maximum absolute atomic E-state index is 11.4. The lowest BCUT2D eigenvalue weighted by Gasteiger charge is -2.09. The van der Waals surface area contributed by atoms with E-state index in [-0.39, 0.29) is 18.5 Å². The van der Waals surface area contributed by atoms with Crippen LogP contribution in [-0.2, 0) is 25.6 Å². The third-order valence-electron chi connectivity index (χ3n) is 2.64. The van der Waals surface area contributed by atoms with Crippen molar-refractivity contribution in [1.29, 1.82) is 0 Å². The van der Waals surface area contributed by atoms with Crippen molar-refractivity contribution in [2.75, 3.05) is 19.8 Å². The minimum atomic E-state index is -0.240. The van der Waals surface area contributed by atoms with Gasteiger partial charge in [0.2, 0.25) is 0 Å². The zero-order valence-electron chi connectivity index (χ0n) is 10.2. The lowest BCUT2D eigenvalue weighted by Crippen LogP contribution is -2.16. The average molecular weight is 271 g/mol. The van der Waals surface area contributed by atoms with Crippen LogP contribution in [0.1, 0.15) is 24.1 Å². The molecule has 2 heterocycles. The maximum atomic E-state index is 11.4. The van der Waals surface area contributed by atoms with Gasteiger partial charge in [-0.25, -0.2) is 0 Å². The Labute approximate surface area is 110 Å². The quantitative estimate of drug-likeness (QED) is 0.559. The molecule has 0 bridgehead atoms. The highest BCUT2D eigenvalue weighted by Gasteiger charge is 2.15. The minimum Gasteiger partial charge on any atom is -0.460 e. The first-order valence-corrected chi connectivity index (χ1v) is 6.95. The van der Waals surface area contributed by atoms with Crippen molar-refractivity contribution in [3.05, 3.63) is 16.6 Å². The van der Waals surface area contributed by atoms with Crippen molar-refractivity contribution in [3.8, 4) is 0 Å². The first-order chi connectivity index (χ1) is 8.84. The number of esters is 1. The second-order valence-electron chi connectivity index (χ2n) is 4.09. The Bertz CT molecular complexity index is 349. The van der Waals surface area contributed by atoms with Gasteiger partial charge in [0.25, 0.3) is 0 Å². The predicted molar refractivity (Wildman–Crippen MR) is 66.3 cm³/mol. The number of rotatable bonds is 7. The van der Waals surface area contributed by atoms with Crippen LogP contribution >= 0.6 is 11.3 Å². The second kappa shape index (κ2) is 7.45. The van der Waals surface area contributed by atoms with Gasteiger partial charge >= 0.3 is 5.97 Å². The summed E-state index contributed by atoms with van der Waals surface area (Å²) in [7, 11) is 0. The van der Waals surface area contributed by atoms with Gasteiger partial charge in [-0.2, -0.15) is 0 Å². The summed E-state index contributed by atoms with van der Waals surface area (Å²) in [5, 5.41) is 0. The zero-order chi connectivity index (χ0) is 12.6. The number of thiazole rings is 1. The van der Waals surface area contributed by atoms with E-state index in [0.29, 0.717) is 19.8 Å². The maximum Gasteiger partial charge on any atom is 0.308 e. The second-order valence-corrected chi connectivity index (χ2v) is 5.06. The fraction of sp³-hybridized carbons (Fsp3) is 0.667. The highest BCUT2D eigenvalue weighted by molar-refractivity contribution is 7.09. The predicted octanol–water partition coefficient (Wildman–Crippen LogP) is 1.77. The van der Waals surface area contributed by atoms with Crippen LogP contribution in [0.2, 0.25) is 0 Å². The van der Waals surface area contributed by atoms with Gasteiger partial charge in [0.05, 0.1) is 36.1 Å². The van der Waals surface area contributed by atoms with Crippen LogP contribution in [0.5, 0.6) is 0 Å². The number of aromatic nitrogens is 1. The molecule has 100 valence electrons. The van der Waals surface area contributed by atoms with Crippen molar-refractivity contribution >= 4 is 17.3 Å². The SMILES string of the molecule is O=C(CCOC[C@@H]1CCCO1)OCc1cncs1. The van der Waals surface area contributed by atoms with E-state index in [4.69, 9.17) is 14.2 Å². The molecule has 0 aromatic carbocycles. The monoisotopic (exact) mass is 271 g/mol. The van der Waals surface area contributed by atoms with E-state index in [1.165, 1.54) is 11.3 Å². The highest BCUT2D eigenvalue weighted by atomic mass is 32.1. The van der Waals surface area contributed by atoms with E-state index in [0.717, 1.165) is 24.3 Å². The Morgan fingerprint density at radius 3 is 3.28 bits per heavy atom. The summed E-state index contributed by atoms with van der Waals surface area (Å²) in [5.74, 6) is -0.240. The van der Waals surface area contributed by atoms with Crippen molar-refractivity contribution in [3.63, 3.8) is 0 Å². The third-order valence-corrected chi connectivity index (χ3v) is 3.39. The number of hydrogen-bond acceptors (Lipinski definition) is 6. The summed E-state index contributed by atoms with van der Waals surface area (Å²) >= 11 is 1.47. The van der Waals surface area contributed by atoms with E-state index in [1.807, 2.05) is 0 Å². The van der Waals surface area contributed by atoms with Crippen LogP contribution < -0.4 is 0 Å². The molecule has 1 aromatic rings. The summed E-state index contributed by atoms with van der Waals surface area (Å²) in [6, 6.07) is 0. The molecule has 1 aliphatic rings. The molecule has 2 rings (SSSR count). The van der Waals surface area contributed by atoms with Gasteiger partial charge in [0.1, 0.15) is 6.61 Å². The Hall–Kier alpha value is -0.980. The molecule has 0 radical (unpaired) electrons. The number of nitrogens with zero attached hydrogens (tertiary/aromatic N) is 1. The van der Waals surface area contributed by atoms with E-state index >= 15 is 0 Å². The molecular weight excluding hydrogens is 254 g/mol. The van der Waals surface area contributed by atoms with E-state index < -0.39 is 0 Å². The molecule has 1 fully saturated rings. The normalized spacial score (nSPS) is 19.0. The van der Waals surface area contributed by atoms with Gasteiger partial charge in [0, 0.05) is 12.8 Å². The lowest BCUT2D eigenvalue weighted by atomic mass is 10.2. The van der Waals surface area contributed by atoms with Gasteiger partial charge in [-0.15, -0.1) is 11.3 Å². The van der Waals surface area contributed by atoms with Crippen molar-refractivity contribution in [2.24, 2.45) is 0 Å². The van der Waals surface area contributed by atoms with Crippen LogP contribution in [0.3, 0.4) is 0 Å². The molecule has 0 spiro atoms. The van der Waals surface area contributed by atoms with Crippen LogP contribution in [0, 0.1) is 0 Å². The first-order valence-electron chi connectivity index (χ1n) is 6.07. The molecule has 5 nitrogen and oxygen atoms in total. The Morgan fingerprint density at radius 1 is 1.61 bits per heavy atom. The molecule has 0 N–H and O–H groups in total. The summed E-state index contributed by atoms with van der Waals surface area (Å²) in [6.45, 7) is 2.09.